The van der Waals surface area contributed by atoms with Crippen LogP contribution in [0.25, 0.3) is 0 Å². The fourth-order valence-electron chi connectivity index (χ4n) is 2.81. The molecule has 0 aliphatic rings. The highest BCUT2D eigenvalue weighted by atomic mass is 32.2. The molecule has 1 aromatic heterocycles. The molecule has 1 heterocycles. The number of hydrogen-bond donors (Lipinski definition) is 2. The van der Waals surface area contributed by atoms with Crippen LogP contribution in [0.4, 0.5) is 5.69 Å². The lowest BCUT2D eigenvalue weighted by molar-refractivity contribution is 0.0949. The molecule has 0 fully saturated rings. The average Bonchev–Trinajstić information content (AvgIpc) is 3.05. The summed E-state index contributed by atoms with van der Waals surface area (Å²) in [6.45, 7) is 2.19. The van der Waals surface area contributed by atoms with Gasteiger partial charge in [0.2, 0.25) is 0 Å². The van der Waals surface area contributed by atoms with Crippen molar-refractivity contribution in [2.45, 2.75) is 18.4 Å². The average molecular weight is 432 g/mol. The Morgan fingerprint density at radius 1 is 1.21 bits per heavy atom. The standard InChI is InChI=1S/C19H21N5O3S2/c1-3-24(15-9-5-4-6-10-15)29(26,27)16-11-7-8-14(12-16)18(25)20-13-17-21-22-19(28)23(17)2/h4-12H,3,13H2,1-2H3,(H,20,25)(H,22,28). The molecule has 0 atom stereocenters. The number of anilines is 1. The highest BCUT2D eigenvalue weighted by molar-refractivity contribution is 7.92. The summed E-state index contributed by atoms with van der Waals surface area (Å²) in [7, 11) is -2.07. The van der Waals surface area contributed by atoms with Crippen LogP contribution in [0.3, 0.4) is 0 Å². The van der Waals surface area contributed by atoms with Gasteiger partial charge in [-0.05, 0) is 49.5 Å². The molecule has 0 unspecified atom stereocenters. The number of carbonyl (C=O) groups excluding carboxylic acids is 1. The molecule has 0 aliphatic carbocycles. The second-order valence-electron chi connectivity index (χ2n) is 6.22. The normalized spacial score (nSPS) is 11.2. The smallest absolute Gasteiger partial charge is 0.264 e. The van der Waals surface area contributed by atoms with E-state index in [1.807, 2.05) is 6.07 Å². The number of benzene rings is 2. The predicted molar refractivity (Wildman–Crippen MR) is 113 cm³/mol. The summed E-state index contributed by atoms with van der Waals surface area (Å²) in [5, 5.41) is 9.40. The maximum absolute atomic E-state index is 13.1. The number of rotatable bonds is 7. The van der Waals surface area contributed by atoms with Crippen LogP contribution < -0.4 is 9.62 Å². The Labute approximate surface area is 174 Å². The molecule has 0 bridgehead atoms. The molecule has 0 saturated carbocycles. The van der Waals surface area contributed by atoms with E-state index >= 15 is 0 Å². The maximum atomic E-state index is 13.1. The van der Waals surface area contributed by atoms with Crippen molar-refractivity contribution in [2.75, 3.05) is 10.8 Å². The van der Waals surface area contributed by atoms with E-state index in [4.69, 9.17) is 12.2 Å². The number of hydrogen-bond acceptors (Lipinski definition) is 5. The summed E-state index contributed by atoms with van der Waals surface area (Å²) >= 11 is 5.04. The minimum Gasteiger partial charge on any atom is -0.345 e. The van der Waals surface area contributed by atoms with Gasteiger partial charge in [-0.3, -0.25) is 14.2 Å². The van der Waals surface area contributed by atoms with Crippen molar-refractivity contribution in [1.82, 2.24) is 20.1 Å². The van der Waals surface area contributed by atoms with Gasteiger partial charge in [-0.1, -0.05) is 24.3 Å². The Morgan fingerprint density at radius 2 is 1.93 bits per heavy atom. The van der Waals surface area contributed by atoms with E-state index in [-0.39, 0.29) is 23.5 Å². The number of nitrogens with zero attached hydrogens (tertiary/aromatic N) is 3. The molecule has 10 heteroatoms. The fraction of sp³-hybridized carbons (Fsp3) is 0.211. The molecule has 0 aliphatic heterocycles. The minimum atomic E-state index is -3.81. The van der Waals surface area contributed by atoms with Gasteiger partial charge in [0.05, 0.1) is 17.1 Å². The molecule has 8 nitrogen and oxygen atoms in total. The lowest BCUT2D eigenvalue weighted by Crippen LogP contribution is -2.31. The fourth-order valence-corrected chi connectivity index (χ4v) is 4.48. The van der Waals surface area contributed by atoms with Gasteiger partial charge in [0.1, 0.15) is 0 Å². The van der Waals surface area contributed by atoms with E-state index in [0.29, 0.717) is 16.3 Å². The van der Waals surface area contributed by atoms with Crippen LogP contribution in [-0.4, -0.2) is 35.6 Å². The molecular formula is C19H21N5O3S2. The number of H-pyrrole nitrogens is 1. The zero-order valence-electron chi connectivity index (χ0n) is 16.0. The lowest BCUT2D eigenvalue weighted by atomic mass is 10.2. The van der Waals surface area contributed by atoms with Crippen LogP contribution in [0.1, 0.15) is 23.1 Å². The third kappa shape index (κ3) is 4.38. The maximum Gasteiger partial charge on any atom is 0.264 e. The molecule has 2 aromatic carbocycles. The van der Waals surface area contributed by atoms with Gasteiger partial charge in [0, 0.05) is 19.2 Å². The topological polar surface area (TPSA) is 100 Å². The first-order chi connectivity index (χ1) is 13.8. The van der Waals surface area contributed by atoms with Gasteiger partial charge in [-0.2, -0.15) is 5.10 Å². The zero-order chi connectivity index (χ0) is 21.0. The summed E-state index contributed by atoms with van der Waals surface area (Å²) < 4.78 is 29.7. The Kier molecular flexibility index (Phi) is 6.14. The van der Waals surface area contributed by atoms with Crippen LogP contribution >= 0.6 is 12.2 Å². The van der Waals surface area contributed by atoms with Crippen LogP contribution in [0, 0.1) is 4.77 Å². The molecule has 152 valence electrons. The van der Waals surface area contributed by atoms with Crippen LogP contribution in [0.15, 0.2) is 59.5 Å². The Bertz CT molecular complexity index is 1170. The monoisotopic (exact) mass is 431 g/mol. The highest BCUT2D eigenvalue weighted by Gasteiger charge is 2.24. The molecule has 29 heavy (non-hydrogen) atoms. The van der Waals surface area contributed by atoms with Crippen molar-refractivity contribution in [2.24, 2.45) is 7.05 Å². The van der Waals surface area contributed by atoms with Crippen molar-refractivity contribution < 1.29 is 13.2 Å². The molecule has 2 N–H and O–H groups in total. The van der Waals surface area contributed by atoms with Gasteiger partial charge in [0.25, 0.3) is 15.9 Å². The van der Waals surface area contributed by atoms with Crippen LogP contribution in [0.5, 0.6) is 0 Å². The third-order valence-corrected chi connectivity index (χ3v) is 6.66. The van der Waals surface area contributed by atoms with Gasteiger partial charge in [-0.25, -0.2) is 8.42 Å². The Morgan fingerprint density at radius 3 is 2.55 bits per heavy atom. The van der Waals surface area contributed by atoms with Crippen molar-refractivity contribution in [3.05, 3.63) is 70.8 Å². The first-order valence-corrected chi connectivity index (χ1v) is 10.8. The number of aromatic amines is 1. The number of aromatic nitrogens is 3. The number of sulfonamides is 1. The number of nitrogens with one attached hydrogen (secondary N) is 2. The van der Waals surface area contributed by atoms with Gasteiger partial charge < -0.3 is 9.88 Å². The van der Waals surface area contributed by atoms with Crippen molar-refractivity contribution in [3.63, 3.8) is 0 Å². The Balaban J connectivity index is 1.83. The minimum absolute atomic E-state index is 0.0500. The first-order valence-electron chi connectivity index (χ1n) is 8.91. The van der Waals surface area contributed by atoms with E-state index in [1.54, 1.807) is 54.9 Å². The summed E-state index contributed by atoms with van der Waals surface area (Å²) in [5.41, 5.74) is 0.808. The largest absolute Gasteiger partial charge is 0.345 e. The van der Waals surface area contributed by atoms with Crippen molar-refractivity contribution >= 4 is 33.8 Å². The van der Waals surface area contributed by atoms with Crippen molar-refractivity contribution in [1.29, 1.82) is 0 Å². The van der Waals surface area contributed by atoms with Gasteiger partial charge >= 0.3 is 0 Å². The van der Waals surface area contributed by atoms with E-state index in [9.17, 15) is 13.2 Å². The summed E-state index contributed by atoms with van der Waals surface area (Å²) in [6, 6.07) is 14.8. The molecule has 1 amide bonds. The van der Waals surface area contributed by atoms with Crippen LogP contribution in [-0.2, 0) is 23.6 Å². The quantitative estimate of drug-likeness (QED) is 0.560. The number of para-hydroxylation sites is 1. The van der Waals surface area contributed by atoms with Crippen LogP contribution in [0.2, 0.25) is 0 Å². The first kappa shape index (κ1) is 20.7. The third-order valence-electron chi connectivity index (χ3n) is 4.40. The molecule has 3 rings (SSSR count). The molecule has 0 radical (unpaired) electrons. The Hall–Kier alpha value is -2.98. The summed E-state index contributed by atoms with van der Waals surface area (Å²) in [4.78, 5) is 12.6. The molecule has 0 saturated heterocycles. The summed E-state index contributed by atoms with van der Waals surface area (Å²) in [6.07, 6.45) is 0. The second kappa shape index (κ2) is 8.58. The predicted octanol–water partition coefficient (Wildman–Crippen LogP) is 2.62. The second-order valence-corrected chi connectivity index (χ2v) is 8.47. The molecular weight excluding hydrogens is 410 g/mol. The van der Waals surface area contributed by atoms with Crippen molar-refractivity contribution in [3.8, 4) is 0 Å². The highest BCUT2D eigenvalue weighted by Crippen LogP contribution is 2.23. The van der Waals surface area contributed by atoms with E-state index < -0.39 is 15.9 Å². The zero-order valence-corrected chi connectivity index (χ0v) is 17.6. The molecule has 3 aromatic rings. The van der Waals surface area contributed by atoms with Gasteiger partial charge in [0.15, 0.2) is 10.6 Å². The van der Waals surface area contributed by atoms with E-state index in [1.165, 1.54) is 16.4 Å². The van der Waals surface area contributed by atoms with E-state index in [0.717, 1.165) is 0 Å². The van der Waals surface area contributed by atoms with E-state index in [2.05, 4.69) is 15.5 Å². The van der Waals surface area contributed by atoms with Gasteiger partial charge in [-0.15, -0.1) is 0 Å². The SMILES string of the molecule is CCN(c1ccccc1)S(=O)(=O)c1cccc(C(=O)NCc2n[nH]c(=S)n2C)c1. The lowest BCUT2D eigenvalue weighted by Gasteiger charge is -2.23. The number of amides is 1. The molecule has 0 spiro atoms. The number of carbonyl (C=O) groups is 1. The summed E-state index contributed by atoms with van der Waals surface area (Å²) in [5.74, 6) is 0.159.